The third kappa shape index (κ3) is 5.84. The fourth-order valence-electron chi connectivity index (χ4n) is 2.51. The number of rotatable bonds is 8. The minimum absolute atomic E-state index is 0.0892. The Kier molecular flexibility index (Phi) is 6.98. The van der Waals surface area contributed by atoms with E-state index < -0.39 is 17.9 Å². The molecule has 0 bridgehead atoms. The van der Waals surface area contributed by atoms with Crippen molar-refractivity contribution in [3.05, 3.63) is 46.8 Å². The van der Waals surface area contributed by atoms with Crippen molar-refractivity contribution in [2.45, 2.75) is 46.8 Å². The van der Waals surface area contributed by atoms with Crippen LogP contribution in [0.25, 0.3) is 0 Å². The minimum atomic E-state index is -0.727. The second-order valence-corrected chi connectivity index (χ2v) is 6.89. The molecule has 27 heavy (non-hydrogen) atoms. The van der Waals surface area contributed by atoms with Crippen LogP contribution in [0.15, 0.2) is 28.8 Å². The summed E-state index contributed by atoms with van der Waals surface area (Å²) in [6.45, 7) is 8.10. The second-order valence-electron chi connectivity index (χ2n) is 6.89. The summed E-state index contributed by atoms with van der Waals surface area (Å²) in [5, 5.41) is 6.40. The zero-order valence-corrected chi connectivity index (χ0v) is 16.4. The van der Waals surface area contributed by atoms with Gasteiger partial charge in [-0.15, -0.1) is 0 Å². The van der Waals surface area contributed by atoms with Gasteiger partial charge < -0.3 is 19.3 Å². The summed E-state index contributed by atoms with van der Waals surface area (Å²) in [6, 6.07) is 6.56. The molecule has 1 atom stereocenters. The monoisotopic (exact) mass is 374 g/mol. The molecule has 0 aliphatic carbocycles. The zero-order chi connectivity index (χ0) is 20.0. The lowest BCUT2D eigenvalue weighted by molar-refractivity contribution is -0.143. The fourth-order valence-corrected chi connectivity index (χ4v) is 2.51. The van der Waals surface area contributed by atoms with Crippen LogP contribution in [0.5, 0.6) is 5.75 Å². The number of hydrogen-bond donors (Lipinski definition) is 1. The highest BCUT2D eigenvalue weighted by atomic mass is 16.5. The molecule has 0 spiro atoms. The number of esters is 1. The predicted molar refractivity (Wildman–Crippen MR) is 99.5 cm³/mol. The third-order valence-electron chi connectivity index (χ3n) is 4.15. The molecule has 0 aliphatic heterocycles. The van der Waals surface area contributed by atoms with Gasteiger partial charge in [0.2, 0.25) is 0 Å². The average molecular weight is 374 g/mol. The molecule has 1 amide bonds. The molecule has 0 saturated carbocycles. The Morgan fingerprint density at radius 1 is 1.19 bits per heavy atom. The van der Waals surface area contributed by atoms with E-state index in [9.17, 15) is 9.59 Å². The fraction of sp³-hybridized carbons (Fsp3) is 0.450. The van der Waals surface area contributed by atoms with Gasteiger partial charge in [0.1, 0.15) is 18.4 Å². The van der Waals surface area contributed by atoms with Gasteiger partial charge in [-0.3, -0.25) is 4.79 Å². The SMILES string of the molecule is COC(=O)[C@H](CC(C)C)NC(=O)c1cc(COc2ccc(C)c(C)c2)on1. The molecule has 0 aliphatic rings. The first-order chi connectivity index (χ1) is 12.8. The van der Waals surface area contributed by atoms with Gasteiger partial charge in [-0.05, 0) is 49.4 Å². The Balaban J connectivity index is 1.97. The number of amides is 1. The molecule has 0 unspecified atom stereocenters. The number of nitrogens with zero attached hydrogens (tertiary/aromatic N) is 1. The van der Waals surface area contributed by atoms with Gasteiger partial charge in [-0.2, -0.15) is 0 Å². The number of aromatic nitrogens is 1. The first-order valence-corrected chi connectivity index (χ1v) is 8.84. The van der Waals surface area contributed by atoms with Crippen LogP contribution in [0, 0.1) is 19.8 Å². The number of aryl methyl sites for hydroxylation is 2. The van der Waals surface area contributed by atoms with Crippen molar-refractivity contribution in [1.82, 2.24) is 10.5 Å². The Morgan fingerprint density at radius 3 is 2.56 bits per heavy atom. The van der Waals surface area contributed by atoms with Gasteiger partial charge in [0.15, 0.2) is 11.5 Å². The summed E-state index contributed by atoms with van der Waals surface area (Å²) < 4.78 is 15.6. The molecule has 1 aromatic heterocycles. The van der Waals surface area contributed by atoms with E-state index in [1.807, 2.05) is 45.9 Å². The predicted octanol–water partition coefficient (Wildman–Crippen LogP) is 3.19. The summed E-state index contributed by atoms with van der Waals surface area (Å²) in [5.41, 5.74) is 2.40. The van der Waals surface area contributed by atoms with E-state index in [4.69, 9.17) is 14.0 Å². The molecule has 2 aromatic rings. The van der Waals surface area contributed by atoms with Crippen molar-refractivity contribution >= 4 is 11.9 Å². The molecule has 1 heterocycles. The Bertz CT molecular complexity index is 797. The number of methoxy groups -OCH3 is 1. The molecule has 7 heteroatoms. The number of carbonyl (C=O) groups is 2. The summed E-state index contributed by atoms with van der Waals surface area (Å²) in [6.07, 6.45) is 0.471. The van der Waals surface area contributed by atoms with Crippen molar-refractivity contribution in [3.8, 4) is 5.75 Å². The first kappa shape index (κ1) is 20.5. The molecule has 1 N–H and O–H groups in total. The van der Waals surface area contributed by atoms with Crippen LogP contribution < -0.4 is 10.1 Å². The second kappa shape index (κ2) is 9.21. The van der Waals surface area contributed by atoms with Crippen molar-refractivity contribution in [3.63, 3.8) is 0 Å². The van der Waals surface area contributed by atoms with Crippen LogP contribution in [0.2, 0.25) is 0 Å². The van der Waals surface area contributed by atoms with Gasteiger partial charge in [-0.25, -0.2) is 4.79 Å². The maximum absolute atomic E-state index is 12.3. The lowest BCUT2D eigenvalue weighted by atomic mass is 10.0. The average Bonchev–Trinajstić information content (AvgIpc) is 3.10. The highest BCUT2D eigenvalue weighted by molar-refractivity contribution is 5.95. The molecule has 0 radical (unpaired) electrons. The Labute approximate surface area is 159 Å². The van der Waals surface area contributed by atoms with Crippen molar-refractivity contribution in [2.75, 3.05) is 7.11 Å². The van der Waals surface area contributed by atoms with Gasteiger partial charge >= 0.3 is 5.97 Å². The lowest BCUT2D eigenvalue weighted by Crippen LogP contribution is -2.42. The van der Waals surface area contributed by atoms with Gasteiger partial charge in [0.05, 0.1) is 7.11 Å². The number of benzene rings is 1. The van der Waals surface area contributed by atoms with Crippen molar-refractivity contribution < 1.29 is 23.6 Å². The lowest BCUT2D eigenvalue weighted by Gasteiger charge is -2.17. The highest BCUT2D eigenvalue weighted by Crippen LogP contribution is 2.18. The Hall–Kier alpha value is -2.83. The minimum Gasteiger partial charge on any atom is -0.486 e. The van der Waals surface area contributed by atoms with E-state index >= 15 is 0 Å². The van der Waals surface area contributed by atoms with E-state index in [0.29, 0.717) is 17.9 Å². The topological polar surface area (TPSA) is 90.7 Å². The molecule has 0 fully saturated rings. The highest BCUT2D eigenvalue weighted by Gasteiger charge is 2.24. The zero-order valence-electron chi connectivity index (χ0n) is 16.4. The summed E-state index contributed by atoms with van der Waals surface area (Å²) >= 11 is 0. The molecule has 2 rings (SSSR count). The van der Waals surface area contributed by atoms with Crippen LogP contribution >= 0.6 is 0 Å². The summed E-state index contributed by atoms with van der Waals surface area (Å²) in [5.74, 6) is 0.361. The number of ether oxygens (including phenoxy) is 2. The van der Waals surface area contributed by atoms with E-state index in [2.05, 4.69) is 10.5 Å². The van der Waals surface area contributed by atoms with Crippen LogP contribution in [-0.2, 0) is 16.1 Å². The maximum Gasteiger partial charge on any atom is 0.328 e. The molecular weight excluding hydrogens is 348 g/mol. The van der Waals surface area contributed by atoms with E-state index in [1.165, 1.54) is 18.7 Å². The largest absolute Gasteiger partial charge is 0.486 e. The molecule has 146 valence electrons. The Morgan fingerprint density at radius 2 is 1.93 bits per heavy atom. The van der Waals surface area contributed by atoms with Crippen LogP contribution in [-0.4, -0.2) is 30.2 Å². The first-order valence-electron chi connectivity index (χ1n) is 8.84. The maximum atomic E-state index is 12.3. The number of carbonyl (C=O) groups excluding carboxylic acids is 2. The standard InChI is InChI=1S/C20H26N2O5/c1-12(2)8-18(20(24)25-5)21-19(23)17-10-16(27-22-17)11-26-15-7-6-13(3)14(4)9-15/h6-7,9-10,12,18H,8,11H2,1-5H3,(H,21,23)/t18-/m0/s1. The van der Waals surface area contributed by atoms with Crippen molar-refractivity contribution in [2.24, 2.45) is 5.92 Å². The summed E-state index contributed by atoms with van der Waals surface area (Å²) in [7, 11) is 1.29. The third-order valence-corrected chi connectivity index (χ3v) is 4.15. The quantitative estimate of drug-likeness (QED) is 0.714. The normalized spacial score (nSPS) is 11.9. The van der Waals surface area contributed by atoms with Crippen LogP contribution in [0.1, 0.15) is 47.6 Å². The van der Waals surface area contributed by atoms with Gasteiger partial charge in [-0.1, -0.05) is 25.1 Å². The van der Waals surface area contributed by atoms with Crippen molar-refractivity contribution in [1.29, 1.82) is 0 Å². The summed E-state index contributed by atoms with van der Waals surface area (Å²) in [4.78, 5) is 24.2. The molecular formula is C20H26N2O5. The smallest absolute Gasteiger partial charge is 0.328 e. The molecule has 0 saturated heterocycles. The molecule has 1 aromatic carbocycles. The van der Waals surface area contributed by atoms with Gasteiger partial charge in [0, 0.05) is 6.07 Å². The molecule has 7 nitrogen and oxygen atoms in total. The number of nitrogens with one attached hydrogen (secondary N) is 1. The van der Waals surface area contributed by atoms with Crippen LogP contribution in [0.4, 0.5) is 0 Å². The van der Waals surface area contributed by atoms with Gasteiger partial charge in [0.25, 0.3) is 5.91 Å². The number of hydrogen-bond acceptors (Lipinski definition) is 6. The van der Waals surface area contributed by atoms with E-state index in [-0.39, 0.29) is 18.2 Å². The van der Waals surface area contributed by atoms with Crippen LogP contribution in [0.3, 0.4) is 0 Å². The van der Waals surface area contributed by atoms with E-state index in [1.54, 1.807) is 0 Å². The van der Waals surface area contributed by atoms with E-state index in [0.717, 1.165) is 5.56 Å².